The molecule has 2 rings (SSSR count). The van der Waals surface area contributed by atoms with Gasteiger partial charge in [-0.25, -0.2) is 4.98 Å². The monoisotopic (exact) mass is 293 g/mol. The number of halogens is 1. The minimum absolute atomic E-state index is 0.0157. The molecule has 0 atom stereocenters. The van der Waals surface area contributed by atoms with Crippen molar-refractivity contribution in [1.29, 1.82) is 0 Å². The van der Waals surface area contributed by atoms with Crippen LogP contribution in [0.25, 0.3) is 0 Å². The molecule has 0 spiro atoms. The Morgan fingerprint density at radius 1 is 1.41 bits per heavy atom. The standard InChI is InChI=1S/C12H12BrN3O/c1-8-6-16(9(2)15-8)7-12(17)11-4-3-10(13)5-14-11/h3-6H,7H2,1-2H3. The van der Waals surface area contributed by atoms with Crippen molar-refractivity contribution < 1.29 is 4.79 Å². The van der Waals surface area contributed by atoms with Crippen molar-refractivity contribution in [2.24, 2.45) is 0 Å². The Morgan fingerprint density at radius 2 is 2.18 bits per heavy atom. The predicted molar refractivity (Wildman–Crippen MR) is 68.0 cm³/mol. The molecule has 5 heteroatoms. The zero-order valence-electron chi connectivity index (χ0n) is 9.64. The van der Waals surface area contributed by atoms with Gasteiger partial charge in [-0.2, -0.15) is 0 Å². The van der Waals surface area contributed by atoms with Crippen molar-refractivity contribution in [3.05, 3.63) is 46.2 Å². The summed E-state index contributed by atoms with van der Waals surface area (Å²) in [6, 6.07) is 3.53. The van der Waals surface area contributed by atoms with E-state index >= 15 is 0 Å². The van der Waals surface area contributed by atoms with Crippen LogP contribution in [0.15, 0.2) is 29.0 Å². The second kappa shape index (κ2) is 4.79. The molecule has 17 heavy (non-hydrogen) atoms. The quantitative estimate of drug-likeness (QED) is 0.817. The molecular weight excluding hydrogens is 282 g/mol. The maximum Gasteiger partial charge on any atom is 0.200 e. The number of imidazole rings is 1. The van der Waals surface area contributed by atoms with Gasteiger partial charge in [0.25, 0.3) is 0 Å². The largest absolute Gasteiger partial charge is 0.327 e. The normalized spacial score (nSPS) is 10.5. The molecule has 4 nitrogen and oxygen atoms in total. The van der Waals surface area contributed by atoms with Crippen LogP contribution in [0.1, 0.15) is 22.0 Å². The third kappa shape index (κ3) is 2.79. The fourth-order valence-electron chi connectivity index (χ4n) is 1.60. The molecule has 2 heterocycles. The molecule has 0 amide bonds. The molecule has 0 saturated heterocycles. The van der Waals surface area contributed by atoms with E-state index in [0.29, 0.717) is 5.69 Å². The first-order chi connectivity index (χ1) is 8.06. The molecule has 0 aliphatic carbocycles. The Morgan fingerprint density at radius 3 is 2.71 bits per heavy atom. The van der Waals surface area contributed by atoms with E-state index < -0.39 is 0 Å². The fourth-order valence-corrected chi connectivity index (χ4v) is 1.84. The van der Waals surface area contributed by atoms with Gasteiger partial charge in [0.1, 0.15) is 11.5 Å². The van der Waals surface area contributed by atoms with E-state index in [2.05, 4.69) is 25.9 Å². The smallest absolute Gasteiger partial charge is 0.200 e. The lowest BCUT2D eigenvalue weighted by molar-refractivity contribution is 0.0966. The van der Waals surface area contributed by atoms with Crippen LogP contribution < -0.4 is 0 Å². The summed E-state index contributed by atoms with van der Waals surface area (Å²) in [5, 5.41) is 0. The Hall–Kier alpha value is -1.49. The Kier molecular flexibility index (Phi) is 3.38. The van der Waals surface area contributed by atoms with Crippen molar-refractivity contribution in [1.82, 2.24) is 14.5 Å². The summed E-state index contributed by atoms with van der Waals surface area (Å²) in [4.78, 5) is 20.3. The number of aryl methyl sites for hydroxylation is 2. The van der Waals surface area contributed by atoms with Gasteiger partial charge in [0.05, 0.1) is 12.2 Å². The molecule has 88 valence electrons. The minimum atomic E-state index is -0.0157. The van der Waals surface area contributed by atoms with Crippen molar-refractivity contribution in [3.8, 4) is 0 Å². The fraction of sp³-hybridized carbons (Fsp3) is 0.250. The average Bonchev–Trinajstić information content (AvgIpc) is 2.58. The Bertz CT molecular complexity index is 545. The molecule has 0 saturated carbocycles. The number of Topliss-reactive ketones (excluding diaryl/α,β-unsaturated/α-hetero) is 1. The van der Waals surface area contributed by atoms with E-state index in [1.165, 1.54) is 0 Å². The van der Waals surface area contributed by atoms with Crippen LogP contribution >= 0.6 is 15.9 Å². The lowest BCUT2D eigenvalue weighted by Gasteiger charge is -2.03. The zero-order chi connectivity index (χ0) is 12.4. The minimum Gasteiger partial charge on any atom is -0.327 e. The van der Waals surface area contributed by atoms with Crippen LogP contribution in [0.2, 0.25) is 0 Å². The van der Waals surface area contributed by atoms with Crippen LogP contribution in [0.4, 0.5) is 0 Å². The molecule has 0 N–H and O–H groups in total. The van der Waals surface area contributed by atoms with Crippen LogP contribution in [-0.4, -0.2) is 20.3 Å². The number of pyridine rings is 1. The second-order valence-electron chi connectivity index (χ2n) is 3.84. The van der Waals surface area contributed by atoms with Gasteiger partial charge in [0, 0.05) is 16.9 Å². The average molecular weight is 294 g/mol. The number of hydrogen-bond donors (Lipinski definition) is 0. The van der Waals surface area contributed by atoms with Crippen molar-refractivity contribution in [2.45, 2.75) is 20.4 Å². The number of nitrogens with zero attached hydrogens (tertiary/aromatic N) is 3. The van der Waals surface area contributed by atoms with Gasteiger partial charge in [-0.05, 0) is 41.9 Å². The SMILES string of the molecule is Cc1cn(CC(=O)c2ccc(Br)cn2)c(C)n1. The molecule has 0 aliphatic heterocycles. The molecule has 2 aromatic rings. The van der Waals surface area contributed by atoms with Crippen LogP contribution in [-0.2, 0) is 6.54 Å². The summed E-state index contributed by atoms with van der Waals surface area (Å²) >= 11 is 3.29. The molecule has 0 aromatic carbocycles. The summed E-state index contributed by atoms with van der Waals surface area (Å²) in [5.41, 5.74) is 1.39. The Labute approximate surface area is 108 Å². The van der Waals surface area contributed by atoms with Crippen molar-refractivity contribution >= 4 is 21.7 Å². The van der Waals surface area contributed by atoms with E-state index in [0.717, 1.165) is 16.0 Å². The lowest BCUT2D eigenvalue weighted by atomic mass is 10.2. The van der Waals surface area contributed by atoms with Gasteiger partial charge in [-0.15, -0.1) is 0 Å². The number of carbonyl (C=O) groups is 1. The molecule has 0 radical (unpaired) electrons. The maximum atomic E-state index is 12.0. The summed E-state index contributed by atoms with van der Waals surface area (Å²) in [6.07, 6.45) is 3.49. The summed E-state index contributed by atoms with van der Waals surface area (Å²) in [6.45, 7) is 4.07. The highest BCUT2D eigenvalue weighted by atomic mass is 79.9. The molecule has 2 aromatic heterocycles. The highest BCUT2D eigenvalue weighted by Crippen LogP contribution is 2.09. The van der Waals surface area contributed by atoms with Gasteiger partial charge in [-0.1, -0.05) is 0 Å². The first-order valence-electron chi connectivity index (χ1n) is 5.21. The van der Waals surface area contributed by atoms with Gasteiger partial charge in [0.2, 0.25) is 5.78 Å². The lowest BCUT2D eigenvalue weighted by Crippen LogP contribution is -2.12. The van der Waals surface area contributed by atoms with Crippen LogP contribution in [0.5, 0.6) is 0 Å². The number of carbonyl (C=O) groups excluding carboxylic acids is 1. The molecular formula is C12H12BrN3O. The third-order valence-corrected chi connectivity index (χ3v) is 2.89. The van der Waals surface area contributed by atoms with Crippen molar-refractivity contribution in [2.75, 3.05) is 0 Å². The predicted octanol–water partition coefficient (Wildman–Crippen LogP) is 2.54. The van der Waals surface area contributed by atoms with E-state index in [4.69, 9.17) is 0 Å². The first kappa shape index (κ1) is 12.0. The van der Waals surface area contributed by atoms with E-state index in [-0.39, 0.29) is 12.3 Å². The first-order valence-corrected chi connectivity index (χ1v) is 6.00. The summed E-state index contributed by atoms with van der Waals surface area (Å²) in [5.74, 6) is 0.825. The van der Waals surface area contributed by atoms with Crippen molar-refractivity contribution in [3.63, 3.8) is 0 Å². The van der Waals surface area contributed by atoms with Gasteiger partial charge >= 0.3 is 0 Å². The van der Waals surface area contributed by atoms with E-state index in [1.54, 1.807) is 12.3 Å². The summed E-state index contributed by atoms with van der Waals surface area (Å²) in [7, 11) is 0. The van der Waals surface area contributed by atoms with Crippen LogP contribution in [0, 0.1) is 13.8 Å². The molecule has 0 fully saturated rings. The number of ketones is 1. The van der Waals surface area contributed by atoms with E-state index in [9.17, 15) is 4.79 Å². The molecule has 0 unspecified atom stereocenters. The van der Waals surface area contributed by atoms with Gasteiger partial charge in [-0.3, -0.25) is 9.78 Å². The number of rotatable bonds is 3. The molecule has 0 bridgehead atoms. The van der Waals surface area contributed by atoms with Crippen LogP contribution in [0.3, 0.4) is 0 Å². The zero-order valence-corrected chi connectivity index (χ0v) is 11.2. The summed E-state index contributed by atoms with van der Waals surface area (Å²) < 4.78 is 2.70. The van der Waals surface area contributed by atoms with E-state index in [1.807, 2.05) is 30.7 Å². The van der Waals surface area contributed by atoms with Gasteiger partial charge in [0.15, 0.2) is 0 Å². The highest BCUT2D eigenvalue weighted by Gasteiger charge is 2.10. The third-order valence-electron chi connectivity index (χ3n) is 2.42. The number of aromatic nitrogens is 3. The number of hydrogen-bond acceptors (Lipinski definition) is 3. The highest BCUT2D eigenvalue weighted by molar-refractivity contribution is 9.10. The second-order valence-corrected chi connectivity index (χ2v) is 4.76. The van der Waals surface area contributed by atoms with Gasteiger partial charge < -0.3 is 4.57 Å². The maximum absolute atomic E-state index is 12.0. The Balaban J connectivity index is 2.17. The molecule has 0 aliphatic rings. The topological polar surface area (TPSA) is 47.8 Å².